The number of ether oxygens (including phenoxy) is 1. The number of carbonyl (C=O) groups excluding carboxylic acids is 3. The van der Waals surface area contributed by atoms with Crippen LogP contribution < -0.4 is 15.1 Å². The summed E-state index contributed by atoms with van der Waals surface area (Å²) in [6.07, 6.45) is 0.868. The van der Waals surface area contributed by atoms with Crippen LogP contribution in [0.2, 0.25) is 0 Å². The number of anilines is 2. The summed E-state index contributed by atoms with van der Waals surface area (Å²) in [6.45, 7) is 2.70. The normalized spacial score (nSPS) is 21.9. The van der Waals surface area contributed by atoms with Crippen LogP contribution in [0.4, 0.5) is 25.4 Å². The van der Waals surface area contributed by atoms with E-state index < -0.39 is 23.3 Å². The molecule has 3 aliphatic rings. The number of nitrogens with one attached hydrogen (secondary N) is 1. The molecular weight excluding hydrogens is 399 g/mol. The number of benzene rings is 1. The molecule has 156 valence electrons. The molecule has 0 bridgehead atoms. The van der Waals surface area contributed by atoms with Gasteiger partial charge in [-0.25, -0.2) is 9.18 Å². The molecule has 10 heteroatoms. The Morgan fingerprint density at radius 2 is 1.93 bits per heavy atom. The minimum absolute atomic E-state index is 0.148. The predicted octanol–water partition coefficient (Wildman–Crippen LogP) is 1.85. The number of rotatable bonds is 5. The van der Waals surface area contributed by atoms with Gasteiger partial charge >= 0.3 is 6.09 Å². The SMILES string of the molecule is O=C(S)NCC1CN(c2ccc(N3CCN(C(=O)C4CC4)CC3)c(F)c2)C(=O)O1. The van der Waals surface area contributed by atoms with Crippen molar-refractivity contribution in [3.05, 3.63) is 24.0 Å². The third kappa shape index (κ3) is 4.42. The first-order valence-electron chi connectivity index (χ1n) is 9.70. The molecular formula is C19H23FN4O4S. The maximum Gasteiger partial charge on any atom is 0.414 e. The standard InChI is InChI=1S/C19H23FN4O4S/c20-15-9-13(24-11-14(28-19(24)27)10-21-18(26)29)3-4-16(15)22-5-7-23(8-6-22)17(25)12-1-2-12/h3-4,9,12,14H,1-2,5-8,10-11H2,(H2,21,26,29). The molecule has 0 spiro atoms. The minimum Gasteiger partial charge on any atom is -0.442 e. The van der Waals surface area contributed by atoms with Crippen molar-refractivity contribution < 1.29 is 23.5 Å². The van der Waals surface area contributed by atoms with Gasteiger partial charge in [-0.3, -0.25) is 14.5 Å². The molecule has 1 unspecified atom stereocenters. The van der Waals surface area contributed by atoms with Crippen LogP contribution in [-0.4, -0.2) is 67.5 Å². The van der Waals surface area contributed by atoms with E-state index in [1.807, 2.05) is 9.80 Å². The fourth-order valence-corrected chi connectivity index (χ4v) is 3.81. The third-order valence-corrected chi connectivity index (χ3v) is 5.61. The molecule has 0 aromatic heterocycles. The largest absolute Gasteiger partial charge is 0.442 e. The molecule has 4 rings (SSSR count). The van der Waals surface area contributed by atoms with Gasteiger partial charge in [-0.1, -0.05) is 12.6 Å². The molecule has 1 saturated carbocycles. The Labute approximate surface area is 173 Å². The number of thiol groups is 1. The first kappa shape index (κ1) is 19.8. The summed E-state index contributed by atoms with van der Waals surface area (Å²) in [7, 11) is 0. The maximum absolute atomic E-state index is 14.8. The number of hydrogen-bond acceptors (Lipinski definition) is 5. The highest BCUT2D eigenvalue weighted by molar-refractivity contribution is 7.96. The second kappa shape index (κ2) is 8.10. The molecule has 3 amide bonds. The van der Waals surface area contributed by atoms with Crippen molar-refractivity contribution in [1.29, 1.82) is 0 Å². The first-order chi connectivity index (χ1) is 13.9. The van der Waals surface area contributed by atoms with Crippen LogP contribution in [0.1, 0.15) is 12.8 Å². The van der Waals surface area contributed by atoms with Crippen LogP contribution in [0.5, 0.6) is 0 Å². The first-order valence-corrected chi connectivity index (χ1v) is 10.2. The zero-order chi connectivity index (χ0) is 20.5. The van der Waals surface area contributed by atoms with Gasteiger partial charge in [0.1, 0.15) is 11.9 Å². The summed E-state index contributed by atoms with van der Waals surface area (Å²) in [5.74, 6) is -0.0104. The summed E-state index contributed by atoms with van der Waals surface area (Å²) in [5.41, 5.74) is 0.859. The summed E-state index contributed by atoms with van der Waals surface area (Å²) in [5, 5.41) is 1.97. The van der Waals surface area contributed by atoms with Crippen LogP contribution in [0.25, 0.3) is 0 Å². The van der Waals surface area contributed by atoms with Crippen molar-refractivity contribution in [2.75, 3.05) is 49.1 Å². The number of nitrogens with zero attached hydrogens (tertiary/aromatic N) is 3. The van der Waals surface area contributed by atoms with Gasteiger partial charge in [0.05, 0.1) is 24.5 Å². The van der Waals surface area contributed by atoms with Crippen molar-refractivity contribution in [3.8, 4) is 0 Å². The Bertz CT molecular complexity index is 826. The lowest BCUT2D eigenvalue weighted by Gasteiger charge is -2.36. The number of hydrogen-bond donors (Lipinski definition) is 2. The summed E-state index contributed by atoms with van der Waals surface area (Å²) in [4.78, 5) is 40.3. The second-order valence-corrected chi connectivity index (χ2v) is 7.93. The maximum atomic E-state index is 14.8. The smallest absolute Gasteiger partial charge is 0.414 e. The molecule has 1 N–H and O–H groups in total. The molecule has 29 heavy (non-hydrogen) atoms. The van der Waals surface area contributed by atoms with E-state index in [9.17, 15) is 18.8 Å². The lowest BCUT2D eigenvalue weighted by Crippen LogP contribution is -2.49. The van der Waals surface area contributed by atoms with Gasteiger partial charge in [-0.15, -0.1) is 0 Å². The fraction of sp³-hybridized carbons (Fsp3) is 0.526. The quantitative estimate of drug-likeness (QED) is 0.708. The lowest BCUT2D eigenvalue weighted by atomic mass is 10.2. The van der Waals surface area contributed by atoms with E-state index in [0.717, 1.165) is 12.8 Å². The zero-order valence-corrected chi connectivity index (χ0v) is 16.7. The second-order valence-electron chi connectivity index (χ2n) is 7.52. The van der Waals surface area contributed by atoms with Crippen LogP contribution in [0.15, 0.2) is 18.2 Å². The van der Waals surface area contributed by atoms with E-state index in [1.165, 1.54) is 11.0 Å². The third-order valence-electron chi connectivity index (χ3n) is 5.46. The van der Waals surface area contributed by atoms with Gasteiger partial charge in [0.15, 0.2) is 0 Å². The molecule has 1 aromatic carbocycles. The van der Waals surface area contributed by atoms with Crippen LogP contribution >= 0.6 is 12.6 Å². The molecule has 2 saturated heterocycles. The van der Waals surface area contributed by atoms with Crippen LogP contribution in [0, 0.1) is 11.7 Å². The monoisotopic (exact) mass is 422 g/mol. The van der Waals surface area contributed by atoms with E-state index in [2.05, 4.69) is 17.9 Å². The van der Waals surface area contributed by atoms with Crippen LogP contribution in [-0.2, 0) is 9.53 Å². The average Bonchev–Trinajstić information content (AvgIpc) is 3.48. The summed E-state index contributed by atoms with van der Waals surface area (Å²) in [6, 6.07) is 4.65. The molecule has 1 atom stereocenters. The fourth-order valence-electron chi connectivity index (χ4n) is 3.72. The van der Waals surface area contributed by atoms with Gasteiger partial charge < -0.3 is 19.9 Å². The number of piperazine rings is 1. The zero-order valence-electron chi connectivity index (χ0n) is 15.8. The van der Waals surface area contributed by atoms with Crippen molar-refractivity contribution in [1.82, 2.24) is 10.2 Å². The molecule has 8 nitrogen and oxygen atoms in total. The average molecular weight is 422 g/mol. The van der Waals surface area contributed by atoms with Crippen molar-refractivity contribution in [2.24, 2.45) is 5.92 Å². The highest BCUT2D eigenvalue weighted by Crippen LogP contribution is 2.32. The van der Waals surface area contributed by atoms with E-state index in [1.54, 1.807) is 12.1 Å². The van der Waals surface area contributed by atoms with E-state index >= 15 is 0 Å². The number of amides is 3. The van der Waals surface area contributed by atoms with E-state index in [4.69, 9.17) is 4.74 Å². The van der Waals surface area contributed by atoms with Gasteiger partial charge in [0.2, 0.25) is 5.91 Å². The summed E-state index contributed by atoms with van der Waals surface area (Å²) >= 11 is 3.61. The highest BCUT2D eigenvalue weighted by atomic mass is 32.1. The lowest BCUT2D eigenvalue weighted by molar-refractivity contribution is -0.132. The highest BCUT2D eigenvalue weighted by Gasteiger charge is 2.35. The minimum atomic E-state index is -0.581. The Hall–Kier alpha value is -2.49. The predicted molar refractivity (Wildman–Crippen MR) is 108 cm³/mol. The summed E-state index contributed by atoms with van der Waals surface area (Å²) < 4.78 is 20.0. The van der Waals surface area contributed by atoms with Crippen LogP contribution in [0.3, 0.4) is 0 Å². The molecule has 3 fully saturated rings. The molecule has 1 aromatic rings. The molecule has 2 aliphatic heterocycles. The Morgan fingerprint density at radius 3 is 2.55 bits per heavy atom. The van der Waals surface area contributed by atoms with Gasteiger partial charge in [-0.2, -0.15) is 0 Å². The molecule has 2 heterocycles. The van der Waals surface area contributed by atoms with Crippen molar-refractivity contribution in [2.45, 2.75) is 18.9 Å². The number of cyclic esters (lactones) is 1. The van der Waals surface area contributed by atoms with Crippen molar-refractivity contribution in [3.63, 3.8) is 0 Å². The van der Waals surface area contributed by atoms with Gasteiger partial charge in [0, 0.05) is 32.1 Å². The van der Waals surface area contributed by atoms with Crippen molar-refractivity contribution >= 4 is 41.2 Å². The molecule has 1 aliphatic carbocycles. The van der Waals surface area contributed by atoms with Gasteiger partial charge in [0.25, 0.3) is 5.24 Å². The Morgan fingerprint density at radius 1 is 1.21 bits per heavy atom. The Kier molecular flexibility index (Phi) is 5.53. The van der Waals surface area contributed by atoms with E-state index in [0.29, 0.717) is 37.6 Å². The molecule has 0 radical (unpaired) electrons. The number of halogens is 1. The van der Waals surface area contributed by atoms with E-state index in [-0.39, 0.29) is 24.9 Å². The topological polar surface area (TPSA) is 82.2 Å². The number of carbonyl (C=O) groups is 3. The Balaban J connectivity index is 1.37. The van der Waals surface area contributed by atoms with Gasteiger partial charge in [-0.05, 0) is 31.0 Å².